The molecule has 5 fully saturated rings. The highest BCUT2D eigenvalue weighted by Crippen LogP contribution is 2.56. The number of aliphatic hydroxyl groups is 1. The van der Waals surface area contributed by atoms with Crippen LogP contribution in [0.5, 0.6) is 0 Å². The van der Waals surface area contributed by atoms with E-state index in [9.17, 15) is 9.90 Å². The van der Waals surface area contributed by atoms with Crippen LogP contribution in [-0.2, 0) is 4.74 Å². The Bertz CT molecular complexity index is 1230. The smallest absolute Gasteiger partial charge is 0.295 e. The molecule has 4 heterocycles. The molecule has 8 rings (SSSR count). The molecule has 5 atom stereocenters. The molecule has 1 unspecified atom stereocenters. The van der Waals surface area contributed by atoms with Crippen molar-refractivity contribution < 1.29 is 19.2 Å². The Morgan fingerprint density at radius 3 is 2.76 bits per heavy atom. The van der Waals surface area contributed by atoms with Crippen molar-refractivity contribution >= 4 is 22.6 Å². The molecule has 1 saturated heterocycles. The monoisotopic (exact) mass is 464 g/mol. The maximum atomic E-state index is 12.8. The van der Waals surface area contributed by atoms with Crippen LogP contribution in [0.4, 0.5) is 5.69 Å². The van der Waals surface area contributed by atoms with E-state index in [1.807, 2.05) is 12.3 Å². The molecule has 4 saturated carbocycles. The van der Waals surface area contributed by atoms with Gasteiger partial charge >= 0.3 is 0 Å². The largest absolute Gasteiger partial charge is 0.390 e. The maximum absolute atomic E-state index is 12.8. The van der Waals surface area contributed by atoms with E-state index in [4.69, 9.17) is 9.26 Å². The molecule has 0 spiro atoms. The van der Waals surface area contributed by atoms with Crippen molar-refractivity contribution in [2.24, 2.45) is 17.8 Å². The molecule has 3 aromatic heterocycles. The number of pyridine rings is 1. The number of aromatic nitrogens is 4. The third kappa shape index (κ3) is 3.23. The Labute approximate surface area is 196 Å². The first-order valence-corrected chi connectivity index (χ1v) is 12.2. The van der Waals surface area contributed by atoms with Gasteiger partial charge in [0.2, 0.25) is 0 Å². The minimum absolute atomic E-state index is 0.0499. The van der Waals surface area contributed by atoms with Crippen molar-refractivity contribution in [3.05, 3.63) is 24.3 Å². The minimum atomic E-state index is -0.486. The molecule has 1 aliphatic heterocycles. The van der Waals surface area contributed by atoms with Gasteiger partial charge in [0.15, 0.2) is 0 Å². The van der Waals surface area contributed by atoms with Gasteiger partial charge in [-0.3, -0.25) is 4.79 Å². The maximum Gasteiger partial charge on any atom is 0.295 e. The molecule has 4 aliphatic carbocycles. The molecular weight excluding hydrogens is 436 g/mol. The highest BCUT2D eigenvalue weighted by atomic mass is 16.5. The summed E-state index contributed by atoms with van der Waals surface area (Å²) in [5, 5.41) is 19.8. The zero-order valence-electron chi connectivity index (χ0n) is 18.9. The number of nitrogens with one attached hydrogen (secondary N) is 2. The number of morpholine rings is 1. The summed E-state index contributed by atoms with van der Waals surface area (Å²) in [4.78, 5) is 26.7. The lowest BCUT2D eigenvalue weighted by Gasteiger charge is -2.58. The van der Waals surface area contributed by atoms with Gasteiger partial charge in [0.25, 0.3) is 17.6 Å². The lowest BCUT2D eigenvalue weighted by molar-refractivity contribution is -0.129. The number of aromatic amines is 1. The number of H-pyrrole nitrogens is 1. The number of rotatable bonds is 4. The van der Waals surface area contributed by atoms with E-state index in [0.29, 0.717) is 49.6 Å². The summed E-state index contributed by atoms with van der Waals surface area (Å²) in [7, 11) is 0. The minimum Gasteiger partial charge on any atom is -0.390 e. The average molecular weight is 465 g/mol. The van der Waals surface area contributed by atoms with Gasteiger partial charge in [-0.05, 0) is 55.9 Å². The fraction of sp³-hybridized carbons (Fsp3) is 0.583. The van der Waals surface area contributed by atoms with Crippen LogP contribution in [0.15, 0.2) is 23.0 Å². The molecule has 10 nitrogen and oxygen atoms in total. The van der Waals surface area contributed by atoms with E-state index in [-0.39, 0.29) is 23.7 Å². The van der Waals surface area contributed by atoms with Crippen LogP contribution in [0.3, 0.4) is 0 Å². The quantitative estimate of drug-likeness (QED) is 0.537. The van der Waals surface area contributed by atoms with Crippen LogP contribution in [0.25, 0.3) is 22.5 Å². The van der Waals surface area contributed by atoms with Crippen LogP contribution in [0.1, 0.15) is 42.7 Å². The van der Waals surface area contributed by atoms with E-state index in [0.717, 1.165) is 48.8 Å². The zero-order chi connectivity index (χ0) is 22.9. The molecule has 3 N–H and O–H groups in total. The summed E-state index contributed by atoms with van der Waals surface area (Å²) in [5.74, 6) is 1.58. The Morgan fingerprint density at radius 2 is 2.00 bits per heavy atom. The van der Waals surface area contributed by atoms with E-state index in [1.54, 1.807) is 11.1 Å². The van der Waals surface area contributed by atoms with E-state index < -0.39 is 5.60 Å². The Morgan fingerprint density at radius 1 is 1.21 bits per heavy atom. The number of hydrogen-bond acceptors (Lipinski definition) is 8. The van der Waals surface area contributed by atoms with Crippen molar-refractivity contribution in [1.29, 1.82) is 0 Å². The second kappa shape index (κ2) is 7.51. The van der Waals surface area contributed by atoms with Crippen molar-refractivity contribution in [2.75, 3.05) is 31.6 Å². The second-order valence-electron chi connectivity index (χ2n) is 10.5. The number of carbonyl (C=O) groups is 1. The first-order chi connectivity index (χ1) is 16.6. The lowest BCUT2D eigenvalue weighted by Crippen LogP contribution is -2.59. The Hall–Kier alpha value is -2.98. The fourth-order valence-corrected chi connectivity index (χ4v) is 7.04. The molecule has 0 aromatic carbocycles. The Kier molecular flexibility index (Phi) is 4.51. The van der Waals surface area contributed by atoms with E-state index in [1.165, 1.54) is 0 Å². The topological polar surface area (TPSA) is 129 Å². The highest BCUT2D eigenvalue weighted by molar-refractivity contribution is 5.97. The standard InChI is InChI=1S/C24H28N6O4/c31-23(30-3-5-33-6-4-30)21-28-22(34-29-21)17-12-26-20-16(1-2-25-20)19(17)27-18-14-7-13-8-15(18)11-24(32,9-13)10-14/h1-2,12-15,18,32H,3-11H2,(H2,25,26,27)/t13?,14-,15+,18+,24-. The second-order valence-corrected chi connectivity index (χ2v) is 10.5. The van der Waals surface area contributed by atoms with Gasteiger partial charge in [-0.15, -0.1) is 0 Å². The number of ether oxygens (including phenoxy) is 1. The van der Waals surface area contributed by atoms with Crippen molar-refractivity contribution in [3.8, 4) is 11.5 Å². The SMILES string of the molecule is O=C(c1noc(-c2cnc3[nH]ccc3c2N[C@H]2[C@@H]3CC4C[C@H]2C[C@@](O)(C4)C3)n1)N1CCOCC1. The van der Waals surface area contributed by atoms with Crippen LogP contribution < -0.4 is 5.32 Å². The van der Waals surface area contributed by atoms with Gasteiger partial charge in [0.1, 0.15) is 5.65 Å². The molecule has 0 radical (unpaired) electrons. The number of hydrogen-bond donors (Lipinski definition) is 3. The first kappa shape index (κ1) is 20.4. The first-order valence-electron chi connectivity index (χ1n) is 12.2. The summed E-state index contributed by atoms with van der Waals surface area (Å²) in [6, 6.07) is 2.27. The predicted octanol–water partition coefficient (Wildman–Crippen LogP) is 2.44. The average Bonchev–Trinajstić information content (AvgIpc) is 3.50. The molecule has 34 heavy (non-hydrogen) atoms. The lowest BCUT2D eigenvalue weighted by atomic mass is 9.52. The normalized spacial score (nSPS) is 32.4. The predicted molar refractivity (Wildman–Crippen MR) is 122 cm³/mol. The Balaban J connectivity index is 1.23. The fourth-order valence-electron chi connectivity index (χ4n) is 7.04. The van der Waals surface area contributed by atoms with Crippen LogP contribution in [-0.4, -0.2) is 74.0 Å². The summed E-state index contributed by atoms with van der Waals surface area (Å²) in [5.41, 5.74) is 1.87. The molecule has 4 bridgehead atoms. The van der Waals surface area contributed by atoms with Crippen molar-refractivity contribution in [1.82, 2.24) is 25.0 Å². The number of amides is 1. The summed E-state index contributed by atoms with van der Waals surface area (Å²) in [6.07, 6.45) is 8.57. The third-order valence-electron chi connectivity index (χ3n) is 8.28. The van der Waals surface area contributed by atoms with Gasteiger partial charge in [-0.25, -0.2) is 4.98 Å². The summed E-state index contributed by atoms with van der Waals surface area (Å²) >= 11 is 0. The molecule has 1 amide bonds. The molecule has 10 heteroatoms. The van der Waals surface area contributed by atoms with Gasteiger partial charge in [-0.1, -0.05) is 5.16 Å². The number of fused-ring (bicyclic) bond motifs is 1. The number of carbonyl (C=O) groups excluding carboxylic acids is 1. The molecule has 3 aromatic rings. The van der Waals surface area contributed by atoms with E-state index in [2.05, 4.69) is 25.4 Å². The molecule has 178 valence electrons. The van der Waals surface area contributed by atoms with Gasteiger partial charge < -0.3 is 29.6 Å². The zero-order valence-corrected chi connectivity index (χ0v) is 18.9. The number of nitrogens with zero attached hydrogens (tertiary/aromatic N) is 4. The summed E-state index contributed by atoms with van der Waals surface area (Å²) < 4.78 is 10.9. The van der Waals surface area contributed by atoms with Crippen molar-refractivity contribution in [3.63, 3.8) is 0 Å². The third-order valence-corrected chi connectivity index (χ3v) is 8.28. The highest BCUT2D eigenvalue weighted by Gasteiger charge is 2.54. The van der Waals surface area contributed by atoms with Gasteiger partial charge in [0.05, 0.1) is 30.1 Å². The van der Waals surface area contributed by atoms with E-state index >= 15 is 0 Å². The number of anilines is 1. The van der Waals surface area contributed by atoms with Crippen molar-refractivity contribution in [2.45, 2.75) is 43.7 Å². The van der Waals surface area contributed by atoms with Crippen LogP contribution >= 0.6 is 0 Å². The van der Waals surface area contributed by atoms with Gasteiger partial charge in [-0.2, -0.15) is 4.98 Å². The van der Waals surface area contributed by atoms with Gasteiger partial charge in [0, 0.05) is 36.9 Å². The molecule has 5 aliphatic rings. The molecular formula is C24H28N6O4. The summed E-state index contributed by atoms with van der Waals surface area (Å²) in [6.45, 7) is 2.06. The van der Waals surface area contributed by atoms with Crippen LogP contribution in [0.2, 0.25) is 0 Å². The van der Waals surface area contributed by atoms with Crippen LogP contribution in [0, 0.1) is 17.8 Å².